The first-order valence-corrected chi connectivity index (χ1v) is 23.6. The van der Waals surface area contributed by atoms with Crippen molar-refractivity contribution in [2.24, 2.45) is 11.3 Å². The SMILES string of the molecule is COc1cc(C(=O)N2CCC[C@@H](CC#Cc3cccc4c3C(=O)N([C@H]3CCC(=O)NC3=O)C4=O)C2)ccc1NC(=O)[C@@H]1N[C@@H](CC(C)(C)C)[C@@]2(CNc3cc(Cl)ccc32)[C@H]1c1cccc(Cl)c1F. The summed E-state index contributed by atoms with van der Waals surface area (Å²) in [7, 11) is 1.46. The summed E-state index contributed by atoms with van der Waals surface area (Å²) in [6.07, 6.45) is 2.72. The number of nitrogens with zero attached hydrogens (tertiary/aromatic N) is 2. The van der Waals surface area contributed by atoms with Crippen LogP contribution < -0.4 is 26.0 Å². The largest absolute Gasteiger partial charge is 0.495 e. The molecule has 3 fully saturated rings. The van der Waals surface area contributed by atoms with Crippen molar-refractivity contribution in [3.63, 3.8) is 0 Å². The molecule has 0 aromatic heterocycles. The summed E-state index contributed by atoms with van der Waals surface area (Å²) in [4.78, 5) is 82.7. The van der Waals surface area contributed by atoms with Crippen LogP contribution in [0, 0.1) is 29.0 Å². The Kier molecular flexibility index (Phi) is 12.6. The topological polar surface area (TPSA) is 166 Å². The van der Waals surface area contributed by atoms with Crippen molar-refractivity contribution in [3.05, 3.63) is 122 Å². The van der Waals surface area contributed by atoms with Gasteiger partial charge in [0, 0.05) is 71.7 Å². The van der Waals surface area contributed by atoms with Gasteiger partial charge in [-0.15, -0.1) is 0 Å². The van der Waals surface area contributed by atoms with Gasteiger partial charge in [0.25, 0.3) is 17.7 Å². The third-order valence-electron chi connectivity index (χ3n) is 14.0. The minimum absolute atomic E-state index is 0.0221. The minimum Gasteiger partial charge on any atom is -0.495 e. The van der Waals surface area contributed by atoms with E-state index in [0.717, 1.165) is 29.0 Å². The third-order valence-corrected chi connectivity index (χ3v) is 14.5. The molecule has 0 unspecified atom stereocenters. The summed E-state index contributed by atoms with van der Waals surface area (Å²) in [5, 5.41) is 13.0. The summed E-state index contributed by atoms with van der Waals surface area (Å²) in [5.41, 5.74) is 2.49. The number of fused-ring (bicyclic) bond motifs is 3. The van der Waals surface area contributed by atoms with Crippen LogP contribution in [-0.2, 0) is 19.8 Å². The van der Waals surface area contributed by atoms with Crippen LogP contribution in [-0.4, -0.2) is 90.1 Å². The number of nitrogens with one attached hydrogen (secondary N) is 4. The monoisotopic (exact) mass is 960 g/mol. The second-order valence-corrected chi connectivity index (χ2v) is 20.4. The van der Waals surface area contributed by atoms with Crippen LogP contribution in [0.3, 0.4) is 0 Å². The van der Waals surface area contributed by atoms with Gasteiger partial charge in [0.1, 0.15) is 17.6 Å². The molecule has 16 heteroatoms. The van der Waals surface area contributed by atoms with Crippen LogP contribution in [0.2, 0.25) is 10.0 Å². The maximum absolute atomic E-state index is 16.3. The number of ether oxygens (including phenoxy) is 1. The van der Waals surface area contributed by atoms with E-state index >= 15 is 4.39 Å². The number of piperidine rings is 2. The zero-order valence-electron chi connectivity index (χ0n) is 38.1. The lowest BCUT2D eigenvalue weighted by molar-refractivity contribution is -0.136. The van der Waals surface area contributed by atoms with E-state index in [0.29, 0.717) is 59.9 Å². The average molecular weight is 962 g/mol. The number of amides is 6. The van der Waals surface area contributed by atoms with Crippen molar-refractivity contribution in [2.75, 3.05) is 37.4 Å². The van der Waals surface area contributed by atoms with Crippen molar-refractivity contribution in [1.29, 1.82) is 0 Å². The second-order valence-electron chi connectivity index (χ2n) is 19.5. The molecule has 5 heterocycles. The van der Waals surface area contributed by atoms with Gasteiger partial charge in [-0.2, -0.15) is 0 Å². The van der Waals surface area contributed by atoms with Gasteiger partial charge in [-0.25, -0.2) is 4.39 Å². The Balaban J connectivity index is 0.917. The van der Waals surface area contributed by atoms with Crippen LogP contribution in [0.1, 0.15) is 113 Å². The summed E-state index contributed by atoms with van der Waals surface area (Å²) < 4.78 is 22.1. The Hall–Kier alpha value is -6.27. The standard InChI is InChI=1S/C52H51Cl2FN6O7/c1-51(2,3)25-40-52(27-56-37-24-31(53)17-18-34(37)52)43(33-14-7-15-35(54)44(33)55)45(58-40)47(64)57-36-19-16-30(23-39(36)68-4)48(65)60-22-8-10-28(26-60)9-5-11-29-12-6-13-32-42(29)50(67)61(49(32)66)38-20-21-41(62)59-46(38)63/h6-7,12-19,23-24,28,38,40,43,45,56,58H,8-10,20-22,25-27H2,1-4H3,(H,57,64)(H,59,62,63)/t28-,38+,40+,43+,45-,52+/m1/s1. The number of methoxy groups -OCH3 is 1. The van der Waals surface area contributed by atoms with Crippen LogP contribution >= 0.6 is 23.2 Å². The maximum Gasteiger partial charge on any atom is 0.263 e. The van der Waals surface area contributed by atoms with E-state index < -0.39 is 58.8 Å². The maximum atomic E-state index is 16.3. The van der Waals surface area contributed by atoms with E-state index in [1.165, 1.54) is 19.2 Å². The summed E-state index contributed by atoms with van der Waals surface area (Å²) in [6.45, 7) is 7.78. The molecule has 4 aromatic rings. The molecule has 0 bridgehead atoms. The number of likely N-dealkylation sites (tertiary alicyclic amines) is 1. The van der Waals surface area contributed by atoms with E-state index in [1.54, 1.807) is 47.4 Å². The van der Waals surface area contributed by atoms with Crippen molar-refractivity contribution in [2.45, 2.75) is 88.8 Å². The second kappa shape index (κ2) is 18.3. The number of carbonyl (C=O) groups is 6. The molecule has 1 spiro atoms. The van der Waals surface area contributed by atoms with Crippen molar-refractivity contribution in [3.8, 4) is 17.6 Å². The Labute approximate surface area is 403 Å². The number of halogens is 3. The molecule has 6 atom stereocenters. The Morgan fingerprint density at radius 2 is 1.78 bits per heavy atom. The number of hydrogen-bond acceptors (Lipinski definition) is 9. The molecule has 3 saturated heterocycles. The van der Waals surface area contributed by atoms with E-state index in [9.17, 15) is 28.8 Å². The lowest BCUT2D eigenvalue weighted by Gasteiger charge is -2.39. The molecule has 5 aliphatic heterocycles. The molecule has 68 heavy (non-hydrogen) atoms. The quantitative estimate of drug-likeness (QED) is 0.102. The van der Waals surface area contributed by atoms with Crippen molar-refractivity contribution >= 4 is 70.0 Å². The number of imide groups is 2. The van der Waals surface area contributed by atoms with E-state index in [4.69, 9.17) is 27.9 Å². The normalized spacial score (nSPS) is 24.2. The lowest BCUT2D eigenvalue weighted by atomic mass is 9.63. The zero-order chi connectivity index (χ0) is 48.2. The van der Waals surface area contributed by atoms with E-state index in [-0.39, 0.29) is 58.0 Å². The summed E-state index contributed by atoms with van der Waals surface area (Å²) in [6, 6.07) is 18.0. The Bertz CT molecular complexity index is 2860. The summed E-state index contributed by atoms with van der Waals surface area (Å²) >= 11 is 12.9. The smallest absolute Gasteiger partial charge is 0.263 e. The molecule has 13 nitrogen and oxygen atoms in total. The number of anilines is 2. The fraction of sp³-hybridized carbons (Fsp3) is 0.385. The minimum atomic E-state index is -1.08. The fourth-order valence-corrected chi connectivity index (χ4v) is 11.3. The van der Waals surface area contributed by atoms with Gasteiger partial charge in [-0.1, -0.05) is 80.1 Å². The molecular weight excluding hydrogens is 911 g/mol. The zero-order valence-corrected chi connectivity index (χ0v) is 39.6. The van der Waals surface area contributed by atoms with Gasteiger partial charge < -0.3 is 25.6 Å². The highest BCUT2D eigenvalue weighted by molar-refractivity contribution is 6.31. The highest BCUT2D eigenvalue weighted by Gasteiger charge is 2.61. The van der Waals surface area contributed by atoms with Gasteiger partial charge in [0.05, 0.1) is 35.0 Å². The number of hydrogen-bond donors (Lipinski definition) is 4. The molecule has 352 valence electrons. The third kappa shape index (κ3) is 8.50. The predicted octanol–water partition coefficient (Wildman–Crippen LogP) is 7.70. The van der Waals surface area contributed by atoms with Crippen LogP contribution in [0.4, 0.5) is 15.8 Å². The highest BCUT2D eigenvalue weighted by atomic mass is 35.5. The molecule has 0 aliphatic carbocycles. The molecule has 5 aliphatic rings. The highest BCUT2D eigenvalue weighted by Crippen LogP contribution is 2.57. The first kappa shape index (κ1) is 46.8. The average Bonchev–Trinajstić information content (AvgIpc) is 3.92. The molecule has 0 radical (unpaired) electrons. The number of benzene rings is 4. The summed E-state index contributed by atoms with van der Waals surface area (Å²) in [5.74, 6) is 2.28. The van der Waals surface area contributed by atoms with Crippen LogP contribution in [0.15, 0.2) is 72.8 Å². The molecule has 9 rings (SSSR count). The first-order valence-electron chi connectivity index (χ1n) is 22.8. The molecule has 4 aromatic carbocycles. The van der Waals surface area contributed by atoms with E-state index in [2.05, 4.69) is 53.9 Å². The van der Waals surface area contributed by atoms with Crippen LogP contribution in [0.5, 0.6) is 5.75 Å². The van der Waals surface area contributed by atoms with Crippen molar-refractivity contribution in [1.82, 2.24) is 20.4 Å². The Morgan fingerprint density at radius 1 is 0.985 bits per heavy atom. The van der Waals surface area contributed by atoms with Gasteiger partial charge in [-0.05, 0) is 96.7 Å². The molecule has 6 amide bonds. The Morgan fingerprint density at radius 3 is 2.54 bits per heavy atom. The molecular formula is C52H51Cl2FN6O7. The van der Waals surface area contributed by atoms with Crippen LogP contribution in [0.25, 0.3) is 0 Å². The van der Waals surface area contributed by atoms with Gasteiger partial charge >= 0.3 is 0 Å². The lowest BCUT2D eigenvalue weighted by Crippen LogP contribution is -2.54. The number of carbonyl (C=O) groups excluding carboxylic acids is 6. The first-order chi connectivity index (χ1) is 32.5. The van der Waals surface area contributed by atoms with Gasteiger partial charge in [0.15, 0.2) is 0 Å². The fourth-order valence-electron chi connectivity index (χ4n) is 10.9. The van der Waals surface area contributed by atoms with Crippen molar-refractivity contribution < 1.29 is 37.9 Å². The molecule has 0 saturated carbocycles. The van der Waals surface area contributed by atoms with E-state index in [1.807, 2.05) is 18.2 Å². The predicted molar refractivity (Wildman–Crippen MR) is 255 cm³/mol. The number of rotatable bonds is 8. The van der Waals surface area contributed by atoms with Gasteiger partial charge in [-0.3, -0.25) is 39.0 Å². The van der Waals surface area contributed by atoms with Gasteiger partial charge in [0.2, 0.25) is 17.7 Å². The molecule has 4 N–H and O–H groups in total.